The van der Waals surface area contributed by atoms with Gasteiger partial charge in [0.25, 0.3) is 5.91 Å². The Labute approximate surface area is 119 Å². The van der Waals surface area contributed by atoms with Crippen LogP contribution in [0.3, 0.4) is 0 Å². The van der Waals surface area contributed by atoms with Crippen molar-refractivity contribution < 1.29 is 9.53 Å². The van der Waals surface area contributed by atoms with Crippen molar-refractivity contribution in [3.8, 4) is 5.75 Å². The monoisotopic (exact) mass is 269 g/mol. The molecule has 0 saturated carbocycles. The molecular weight excluding hydrogens is 250 g/mol. The van der Waals surface area contributed by atoms with Gasteiger partial charge in [0.1, 0.15) is 5.75 Å². The Morgan fingerprint density at radius 2 is 1.75 bits per heavy atom. The average Bonchev–Trinajstić information content (AvgIpc) is 2.47. The van der Waals surface area contributed by atoms with Gasteiger partial charge < -0.3 is 10.1 Å². The van der Waals surface area contributed by atoms with E-state index in [0.717, 1.165) is 5.56 Å². The van der Waals surface area contributed by atoms with Gasteiger partial charge in [-0.15, -0.1) is 0 Å². The third-order valence-corrected chi connectivity index (χ3v) is 3.07. The molecule has 0 radical (unpaired) electrons. The van der Waals surface area contributed by atoms with Crippen molar-refractivity contribution in [1.29, 1.82) is 0 Å². The number of ether oxygens (including phenoxy) is 1. The fourth-order valence-electron chi connectivity index (χ4n) is 1.89. The first-order valence-corrected chi connectivity index (χ1v) is 6.69. The van der Waals surface area contributed by atoms with Crippen LogP contribution < -0.4 is 10.1 Å². The first-order valence-electron chi connectivity index (χ1n) is 6.69. The van der Waals surface area contributed by atoms with Gasteiger partial charge in [-0.3, -0.25) is 4.79 Å². The third kappa shape index (κ3) is 4.12. The van der Waals surface area contributed by atoms with E-state index in [1.807, 2.05) is 68.4 Å². The van der Waals surface area contributed by atoms with E-state index in [4.69, 9.17) is 4.74 Å². The highest BCUT2D eigenvalue weighted by molar-refractivity contribution is 5.78. The minimum atomic E-state index is -0.123. The van der Waals surface area contributed by atoms with E-state index in [1.165, 1.54) is 5.56 Å². The summed E-state index contributed by atoms with van der Waals surface area (Å²) in [5, 5.41) is 2.92. The lowest BCUT2D eigenvalue weighted by Crippen LogP contribution is -2.31. The van der Waals surface area contributed by atoms with E-state index in [9.17, 15) is 4.79 Å². The van der Waals surface area contributed by atoms with Crippen molar-refractivity contribution in [3.63, 3.8) is 0 Å². The van der Waals surface area contributed by atoms with Crippen molar-refractivity contribution in [2.75, 3.05) is 6.61 Å². The van der Waals surface area contributed by atoms with Crippen LogP contribution in [0.4, 0.5) is 0 Å². The topological polar surface area (TPSA) is 38.3 Å². The fraction of sp³-hybridized carbons (Fsp3) is 0.235. The van der Waals surface area contributed by atoms with Gasteiger partial charge in [-0.1, -0.05) is 48.0 Å². The molecule has 1 N–H and O–H groups in total. The molecule has 0 spiro atoms. The highest BCUT2D eigenvalue weighted by atomic mass is 16.5. The number of carbonyl (C=O) groups excluding carboxylic acids is 1. The van der Waals surface area contributed by atoms with Crippen LogP contribution >= 0.6 is 0 Å². The maximum absolute atomic E-state index is 11.8. The number of hydrogen-bond donors (Lipinski definition) is 1. The van der Waals surface area contributed by atoms with Gasteiger partial charge in [0.15, 0.2) is 6.61 Å². The predicted octanol–water partition coefficient (Wildman–Crippen LogP) is 3.25. The van der Waals surface area contributed by atoms with Crippen LogP contribution in [0.25, 0.3) is 0 Å². The molecule has 104 valence electrons. The largest absolute Gasteiger partial charge is 0.484 e. The number of amides is 1. The quantitative estimate of drug-likeness (QED) is 0.904. The third-order valence-electron chi connectivity index (χ3n) is 3.07. The van der Waals surface area contributed by atoms with E-state index in [0.29, 0.717) is 5.75 Å². The molecule has 1 amide bonds. The maximum Gasteiger partial charge on any atom is 0.258 e. The molecule has 1 atom stereocenters. The molecule has 2 rings (SSSR count). The second kappa shape index (κ2) is 6.75. The molecule has 0 aromatic heterocycles. The SMILES string of the molecule is Cc1ccc([C@@H](C)NC(=O)COc2ccccc2)cc1. The first-order chi connectivity index (χ1) is 9.65. The van der Waals surface area contributed by atoms with Gasteiger partial charge >= 0.3 is 0 Å². The molecule has 0 unspecified atom stereocenters. The van der Waals surface area contributed by atoms with Crippen molar-refractivity contribution in [3.05, 3.63) is 65.7 Å². The highest BCUT2D eigenvalue weighted by Crippen LogP contribution is 2.13. The Balaban J connectivity index is 1.83. The van der Waals surface area contributed by atoms with Crippen LogP contribution in [-0.2, 0) is 4.79 Å². The summed E-state index contributed by atoms with van der Waals surface area (Å²) in [5.74, 6) is 0.576. The lowest BCUT2D eigenvalue weighted by atomic mass is 10.1. The number of benzene rings is 2. The van der Waals surface area contributed by atoms with Gasteiger partial charge in [0.05, 0.1) is 6.04 Å². The van der Waals surface area contributed by atoms with Crippen LogP contribution in [0.1, 0.15) is 24.1 Å². The van der Waals surface area contributed by atoms with Gasteiger partial charge in [-0.25, -0.2) is 0 Å². The highest BCUT2D eigenvalue weighted by Gasteiger charge is 2.09. The Morgan fingerprint density at radius 3 is 2.40 bits per heavy atom. The molecule has 2 aromatic carbocycles. The molecular formula is C17H19NO2. The number of nitrogens with one attached hydrogen (secondary N) is 1. The average molecular weight is 269 g/mol. The molecule has 3 heteroatoms. The second-order valence-electron chi connectivity index (χ2n) is 4.80. The first kappa shape index (κ1) is 14.1. The Morgan fingerprint density at radius 1 is 1.10 bits per heavy atom. The summed E-state index contributed by atoms with van der Waals surface area (Å²) in [7, 11) is 0. The summed E-state index contributed by atoms with van der Waals surface area (Å²) in [6.45, 7) is 4.03. The molecule has 0 fully saturated rings. The molecule has 0 aliphatic rings. The van der Waals surface area contributed by atoms with E-state index in [2.05, 4.69) is 5.32 Å². The van der Waals surface area contributed by atoms with Crippen molar-refractivity contribution in [2.24, 2.45) is 0 Å². The normalized spacial score (nSPS) is 11.7. The van der Waals surface area contributed by atoms with E-state index < -0.39 is 0 Å². The van der Waals surface area contributed by atoms with Crippen LogP contribution in [0.5, 0.6) is 5.75 Å². The van der Waals surface area contributed by atoms with Gasteiger partial charge in [0, 0.05) is 0 Å². The van der Waals surface area contributed by atoms with Crippen LogP contribution in [0, 0.1) is 6.92 Å². The Bertz CT molecular complexity index is 549. The molecule has 20 heavy (non-hydrogen) atoms. The number of rotatable bonds is 5. The lowest BCUT2D eigenvalue weighted by Gasteiger charge is -2.15. The fourth-order valence-corrected chi connectivity index (χ4v) is 1.89. The summed E-state index contributed by atoms with van der Waals surface area (Å²) >= 11 is 0. The van der Waals surface area contributed by atoms with Crippen LogP contribution in [-0.4, -0.2) is 12.5 Å². The summed E-state index contributed by atoms with van der Waals surface area (Å²) in [4.78, 5) is 11.8. The molecule has 2 aromatic rings. The van der Waals surface area contributed by atoms with E-state index in [-0.39, 0.29) is 18.6 Å². The second-order valence-corrected chi connectivity index (χ2v) is 4.80. The van der Waals surface area contributed by atoms with Gasteiger partial charge in [-0.2, -0.15) is 0 Å². The number of para-hydroxylation sites is 1. The Hall–Kier alpha value is -2.29. The number of carbonyl (C=O) groups is 1. The van der Waals surface area contributed by atoms with E-state index >= 15 is 0 Å². The molecule has 0 aliphatic carbocycles. The standard InChI is InChI=1S/C17H19NO2/c1-13-8-10-15(11-9-13)14(2)18-17(19)12-20-16-6-4-3-5-7-16/h3-11,14H,12H2,1-2H3,(H,18,19)/t14-/m1/s1. The molecule has 0 heterocycles. The zero-order valence-corrected chi connectivity index (χ0v) is 11.8. The smallest absolute Gasteiger partial charge is 0.258 e. The van der Waals surface area contributed by atoms with Crippen molar-refractivity contribution >= 4 is 5.91 Å². The summed E-state index contributed by atoms with van der Waals surface area (Å²) in [5.41, 5.74) is 2.29. The molecule has 0 aliphatic heterocycles. The lowest BCUT2D eigenvalue weighted by molar-refractivity contribution is -0.123. The maximum atomic E-state index is 11.8. The van der Waals surface area contributed by atoms with Crippen LogP contribution in [0.2, 0.25) is 0 Å². The van der Waals surface area contributed by atoms with E-state index in [1.54, 1.807) is 0 Å². The van der Waals surface area contributed by atoms with Gasteiger partial charge in [-0.05, 0) is 31.5 Å². The number of hydrogen-bond acceptors (Lipinski definition) is 2. The molecule has 0 saturated heterocycles. The van der Waals surface area contributed by atoms with Crippen molar-refractivity contribution in [2.45, 2.75) is 19.9 Å². The minimum Gasteiger partial charge on any atom is -0.484 e. The molecule has 3 nitrogen and oxygen atoms in total. The summed E-state index contributed by atoms with van der Waals surface area (Å²) < 4.78 is 5.41. The molecule has 0 bridgehead atoms. The summed E-state index contributed by atoms with van der Waals surface area (Å²) in [6, 6.07) is 17.4. The number of aryl methyl sites for hydroxylation is 1. The minimum absolute atomic E-state index is 0.0255. The predicted molar refractivity (Wildman–Crippen MR) is 79.7 cm³/mol. The Kier molecular flexibility index (Phi) is 4.77. The van der Waals surface area contributed by atoms with Crippen LogP contribution in [0.15, 0.2) is 54.6 Å². The van der Waals surface area contributed by atoms with Gasteiger partial charge in [0.2, 0.25) is 0 Å². The summed E-state index contributed by atoms with van der Waals surface area (Å²) in [6.07, 6.45) is 0. The zero-order valence-electron chi connectivity index (χ0n) is 11.8. The zero-order chi connectivity index (χ0) is 14.4. The van der Waals surface area contributed by atoms with Crippen molar-refractivity contribution in [1.82, 2.24) is 5.32 Å².